The van der Waals surface area contributed by atoms with Crippen LogP contribution in [0.1, 0.15) is 42.6 Å². The number of hydrogen-bond donors (Lipinski definition) is 1. The van der Waals surface area contributed by atoms with E-state index in [1.807, 2.05) is 13.8 Å². The average Bonchev–Trinajstić information content (AvgIpc) is 2.80. The fraction of sp³-hybridized carbons (Fsp3) is 0.579. The normalized spacial score (nSPS) is 17.2. The van der Waals surface area contributed by atoms with Crippen molar-refractivity contribution in [1.29, 1.82) is 0 Å². The fourth-order valence-corrected chi connectivity index (χ4v) is 3.28. The molecule has 0 unspecified atom stereocenters. The van der Waals surface area contributed by atoms with Crippen LogP contribution in [0, 0.1) is 5.92 Å². The van der Waals surface area contributed by atoms with Crippen LogP contribution >= 0.6 is 0 Å². The van der Waals surface area contributed by atoms with E-state index in [0.717, 1.165) is 12.1 Å². The molecule has 1 aliphatic heterocycles. The Labute approximate surface area is 156 Å². The summed E-state index contributed by atoms with van der Waals surface area (Å²) >= 11 is 0. The molecule has 5 nitrogen and oxygen atoms in total. The monoisotopic (exact) mass is 386 g/mol. The zero-order valence-corrected chi connectivity index (χ0v) is 15.5. The molecular weight excluding hydrogens is 361 g/mol. The zero-order valence-electron chi connectivity index (χ0n) is 15.5. The highest BCUT2D eigenvalue weighted by Crippen LogP contribution is 2.30. The lowest BCUT2D eigenvalue weighted by Crippen LogP contribution is -2.44. The molecule has 2 amide bonds. The van der Waals surface area contributed by atoms with Crippen molar-refractivity contribution in [3.05, 3.63) is 35.4 Å². The van der Waals surface area contributed by atoms with Gasteiger partial charge in [0.05, 0.1) is 18.2 Å². The van der Waals surface area contributed by atoms with Gasteiger partial charge in [-0.3, -0.25) is 9.59 Å². The minimum atomic E-state index is -4.52. The van der Waals surface area contributed by atoms with Crippen LogP contribution in [-0.4, -0.2) is 59.0 Å². The van der Waals surface area contributed by atoms with Crippen molar-refractivity contribution >= 4 is 11.8 Å². The number of hydrogen-bond acceptors (Lipinski definition) is 3. The number of benzene rings is 1. The third-order valence-corrected chi connectivity index (χ3v) is 4.65. The molecule has 0 radical (unpaired) electrons. The van der Waals surface area contributed by atoms with Gasteiger partial charge in [-0.2, -0.15) is 13.2 Å². The van der Waals surface area contributed by atoms with Gasteiger partial charge < -0.3 is 14.9 Å². The topological polar surface area (TPSA) is 60.9 Å². The van der Waals surface area contributed by atoms with Gasteiger partial charge in [-0.1, -0.05) is 19.9 Å². The molecule has 1 fully saturated rings. The van der Waals surface area contributed by atoms with Crippen LogP contribution in [0.5, 0.6) is 0 Å². The first kappa shape index (κ1) is 21.2. The first-order chi connectivity index (χ1) is 12.6. The first-order valence-electron chi connectivity index (χ1n) is 9.00. The number of rotatable bonds is 5. The van der Waals surface area contributed by atoms with Gasteiger partial charge >= 0.3 is 6.18 Å². The van der Waals surface area contributed by atoms with Gasteiger partial charge in [0.15, 0.2) is 0 Å². The van der Waals surface area contributed by atoms with Gasteiger partial charge in [-0.25, -0.2) is 0 Å². The Balaban J connectivity index is 2.13. The number of aliphatic hydroxyl groups excluding tert-OH is 1. The van der Waals surface area contributed by atoms with Gasteiger partial charge in [-0.15, -0.1) is 0 Å². The second kappa shape index (κ2) is 8.73. The Kier molecular flexibility index (Phi) is 6.86. The molecule has 2 rings (SSSR count). The fourth-order valence-electron chi connectivity index (χ4n) is 3.28. The summed E-state index contributed by atoms with van der Waals surface area (Å²) in [6.07, 6.45) is -3.80. The molecule has 0 aromatic heterocycles. The van der Waals surface area contributed by atoms with E-state index in [2.05, 4.69) is 0 Å². The average molecular weight is 386 g/mol. The summed E-state index contributed by atoms with van der Waals surface area (Å²) in [6.45, 7) is 4.44. The van der Waals surface area contributed by atoms with Gasteiger partial charge in [0.1, 0.15) is 0 Å². The van der Waals surface area contributed by atoms with Gasteiger partial charge in [-0.05, 0) is 30.5 Å². The van der Waals surface area contributed by atoms with Crippen LogP contribution in [0.2, 0.25) is 0 Å². The number of amides is 2. The van der Waals surface area contributed by atoms with E-state index in [1.165, 1.54) is 17.0 Å². The standard InChI is InChI=1S/C19H25F3N2O3/c1-13(2)10-16(12-25)24-9-8-23(7-6-17(24)26)18(27)14-4-3-5-15(11-14)19(20,21)22/h3-5,11,13,16,25H,6-10,12H2,1-2H3/t16-/m0/s1. The Morgan fingerprint density at radius 1 is 1.22 bits per heavy atom. The maximum atomic E-state index is 12.9. The van der Waals surface area contributed by atoms with Crippen LogP contribution in [0.25, 0.3) is 0 Å². The second-order valence-corrected chi connectivity index (χ2v) is 7.17. The molecule has 1 aliphatic rings. The molecule has 1 saturated heterocycles. The van der Waals surface area contributed by atoms with Crippen LogP contribution in [0.4, 0.5) is 13.2 Å². The smallest absolute Gasteiger partial charge is 0.394 e. The highest BCUT2D eigenvalue weighted by atomic mass is 19.4. The molecule has 0 bridgehead atoms. The van der Waals surface area contributed by atoms with Crippen molar-refractivity contribution in [3.63, 3.8) is 0 Å². The lowest BCUT2D eigenvalue weighted by Gasteiger charge is -2.30. The predicted octanol–water partition coefficient (Wildman–Crippen LogP) is 2.79. The van der Waals surface area contributed by atoms with Gasteiger partial charge in [0, 0.05) is 31.6 Å². The number of carbonyl (C=O) groups is 2. The molecule has 0 aliphatic carbocycles. The number of carbonyl (C=O) groups excluding carboxylic acids is 2. The number of aliphatic hydroxyl groups is 1. The molecule has 150 valence electrons. The summed E-state index contributed by atoms with van der Waals surface area (Å²) in [5.74, 6) is -0.393. The zero-order chi connectivity index (χ0) is 20.2. The van der Waals surface area contributed by atoms with Gasteiger partial charge in [0.25, 0.3) is 5.91 Å². The number of alkyl halides is 3. The third-order valence-electron chi connectivity index (χ3n) is 4.65. The van der Waals surface area contributed by atoms with Crippen LogP contribution in [0.15, 0.2) is 24.3 Å². The van der Waals surface area contributed by atoms with Crippen LogP contribution in [-0.2, 0) is 11.0 Å². The Hall–Kier alpha value is -2.09. The van der Waals surface area contributed by atoms with E-state index >= 15 is 0 Å². The molecule has 0 saturated carbocycles. The van der Waals surface area contributed by atoms with E-state index in [4.69, 9.17) is 0 Å². The van der Waals surface area contributed by atoms with Crippen molar-refractivity contribution in [1.82, 2.24) is 9.80 Å². The maximum absolute atomic E-state index is 12.9. The second-order valence-electron chi connectivity index (χ2n) is 7.17. The van der Waals surface area contributed by atoms with Crippen molar-refractivity contribution < 1.29 is 27.9 Å². The van der Waals surface area contributed by atoms with Crippen molar-refractivity contribution in [2.24, 2.45) is 5.92 Å². The highest BCUT2D eigenvalue weighted by molar-refractivity contribution is 5.95. The lowest BCUT2D eigenvalue weighted by molar-refractivity contribution is -0.137. The molecule has 1 aromatic rings. The minimum Gasteiger partial charge on any atom is -0.394 e. The summed E-state index contributed by atoms with van der Waals surface area (Å²) in [6, 6.07) is 3.98. The molecule has 1 N–H and O–H groups in total. The number of halogens is 3. The van der Waals surface area contributed by atoms with Gasteiger partial charge in [0.2, 0.25) is 5.91 Å². The van der Waals surface area contributed by atoms with Crippen molar-refractivity contribution in [2.45, 2.75) is 38.9 Å². The van der Waals surface area contributed by atoms with E-state index in [0.29, 0.717) is 12.3 Å². The summed E-state index contributed by atoms with van der Waals surface area (Å²) in [5, 5.41) is 9.62. The maximum Gasteiger partial charge on any atom is 0.416 e. The van der Waals surface area contributed by atoms with E-state index < -0.39 is 17.6 Å². The predicted molar refractivity (Wildman–Crippen MR) is 94.0 cm³/mol. The van der Waals surface area contributed by atoms with E-state index in [9.17, 15) is 27.9 Å². The number of nitrogens with zero attached hydrogens (tertiary/aromatic N) is 2. The molecule has 1 atom stereocenters. The molecule has 8 heteroatoms. The SMILES string of the molecule is CC(C)C[C@@H](CO)N1CCN(C(=O)c2cccc(C(F)(F)F)c2)CCC1=O. The Morgan fingerprint density at radius 2 is 1.93 bits per heavy atom. The van der Waals surface area contributed by atoms with Crippen molar-refractivity contribution in [2.75, 3.05) is 26.2 Å². The Bertz CT molecular complexity index is 676. The summed E-state index contributed by atoms with van der Waals surface area (Å²) in [5.41, 5.74) is -0.926. The van der Waals surface area contributed by atoms with Crippen LogP contribution in [0.3, 0.4) is 0 Å². The molecule has 0 spiro atoms. The molecule has 1 heterocycles. The molecule has 1 aromatic carbocycles. The van der Waals surface area contributed by atoms with E-state index in [-0.39, 0.29) is 50.2 Å². The van der Waals surface area contributed by atoms with E-state index in [1.54, 1.807) is 4.90 Å². The van der Waals surface area contributed by atoms with Crippen LogP contribution < -0.4 is 0 Å². The minimum absolute atomic E-state index is 0.0494. The highest BCUT2D eigenvalue weighted by Gasteiger charge is 2.32. The summed E-state index contributed by atoms with van der Waals surface area (Å²) < 4.78 is 38.6. The lowest BCUT2D eigenvalue weighted by atomic mass is 10.0. The molecular formula is C19H25F3N2O3. The summed E-state index contributed by atoms with van der Waals surface area (Å²) in [4.78, 5) is 28.0. The summed E-state index contributed by atoms with van der Waals surface area (Å²) in [7, 11) is 0. The third kappa shape index (κ3) is 5.45. The van der Waals surface area contributed by atoms with Crippen molar-refractivity contribution in [3.8, 4) is 0 Å². The Morgan fingerprint density at radius 3 is 2.52 bits per heavy atom. The first-order valence-corrected chi connectivity index (χ1v) is 9.00. The largest absolute Gasteiger partial charge is 0.416 e. The quantitative estimate of drug-likeness (QED) is 0.847. The molecule has 27 heavy (non-hydrogen) atoms.